The maximum Gasteiger partial charge on any atom is 0.257 e. The Bertz CT molecular complexity index is 636. The summed E-state index contributed by atoms with van der Waals surface area (Å²) in [5.74, 6) is 1.64. The molecule has 2 bridgehead atoms. The van der Waals surface area contributed by atoms with Gasteiger partial charge in [0.15, 0.2) is 11.5 Å². The lowest BCUT2D eigenvalue weighted by Gasteiger charge is -2.30. The second kappa shape index (κ2) is 7.49. The van der Waals surface area contributed by atoms with Crippen molar-refractivity contribution in [2.24, 2.45) is 5.92 Å². The monoisotopic (exact) mass is 350 g/mol. The van der Waals surface area contributed by atoms with Gasteiger partial charge in [0.2, 0.25) is 5.75 Å². The minimum atomic E-state index is -0.0509. The van der Waals surface area contributed by atoms with Gasteiger partial charge in [0.25, 0.3) is 5.91 Å². The highest BCUT2D eigenvalue weighted by atomic mass is 16.5. The molecule has 0 aromatic heterocycles. The third kappa shape index (κ3) is 3.39. The van der Waals surface area contributed by atoms with Crippen molar-refractivity contribution in [2.45, 2.75) is 6.04 Å². The Morgan fingerprint density at radius 3 is 2.48 bits per heavy atom. The Morgan fingerprint density at radius 1 is 1.04 bits per heavy atom. The summed E-state index contributed by atoms with van der Waals surface area (Å²) in [6.07, 6.45) is 0. The highest BCUT2D eigenvalue weighted by Gasteiger charge is 2.35. The van der Waals surface area contributed by atoms with E-state index in [0.717, 1.165) is 6.54 Å². The number of likely N-dealkylation sites (N-methyl/N-ethyl adjacent to an activating group) is 1. The normalized spacial score (nSPS) is 23.8. The van der Waals surface area contributed by atoms with Gasteiger partial charge in [-0.05, 0) is 19.2 Å². The van der Waals surface area contributed by atoms with Gasteiger partial charge >= 0.3 is 0 Å². The molecule has 1 amide bonds. The number of ether oxygens (including phenoxy) is 4. The van der Waals surface area contributed by atoms with E-state index in [0.29, 0.717) is 55.0 Å². The Balaban J connectivity index is 1.93. The van der Waals surface area contributed by atoms with Crippen LogP contribution < -0.4 is 14.2 Å². The van der Waals surface area contributed by atoms with E-state index in [1.54, 1.807) is 19.2 Å². The van der Waals surface area contributed by atoms with Crippen LogP contribution in [0.3, 0.4) is 0 Å². The molecule has 1 aromatic carbocycles. The SMILES string of the molecule is COc1ccc(C(=O)N2C[C@@H]3COC[C@H](C2)N(C)C3)c(OC)c1OC. The highest BCUT2D eigenvalue weighted by Crippen LogP contribution is 2.40. The molecule has 7 heteroatoms. The lowest BCUT2D eigenvalue weighted by molar-refractivity contribution is 0.0431. The molecule has 0 spiro atoms. The summed E-state index contributed by atoms with van der Waals surface area (Å²) >= 11 is 0. The lowest BCUT2D eigenvalue weighted by atomic mass is 10.1. The zero-order chi connectivity index (χ0) is 18.0. The third-order valence-electron chi connectivity index (χ3n) is 4.96. The molecule has 0 aliphatic carbocycles. The first-order chi connectivity index (χ1) is 12.1. The average Bonchev–Trinajstić information content (AvgIpc) is 2.87. The molecule has 0 radical (unpaired) electrons. The summed E-state index contributed by atoms with van der Waals surface area (Å²) in [6, 6.07) is 3.69. The highest BCUT2D eigenvalue weighted by molar-refractivity contribution is 5.98. The maximum absolute atomic E-state index is 13.2. The second-order valence-electron chi connectivity index (χ2n) is 6.59. The summed E-state index contributed by atoms with van der Waals surface area (Å²) in [5.41, 5.74) is 0.490. The van der Waals surface area contributed by atoms with Crippen molar-refractivity contribution in [1.82, 2.24) is 9.80 Å². The molecular weight excluding hydrogens is 324 g/mol. The van der Waals surface area contributed by atoms with Crippen molar-refractivity contribution in [3.63, 3.8) is 0 Å². The molecule has 2 aliphatic rings. The summed E-state index contributed by atoms with van der Waals surface area (Å²) in [6.45, 7) is 3.60. The molecule has 138 valence electrons. The van der Waals surface area contributed by atoms with E-state index < -0.39 is 0 Å². The summed E-state index contributed by atoms with van der Waals surface area (Å²) in [4.78, 5) is 17.4. The fourth-order valence-electron chi connectivity index (χ4n) is 3.66. The number of rotatable bonds is 4. The van der Waals surface area contributed by atoms with E-state index in [9.17, 15) is 4.79 Å². The van der Waals surface area contributed by atoms with Crippen LogP contribution in [0.4, 0.5) is 0 Å². The summed E-state index contributed by atoms with van der Waals surface area (Å²) in [5, 5.41) is 0. The van der Waals surface area contributed by atoms with Crippen LogP contribution in [0.1, 0.15) is 10.4 Å². The number of carbonyl (C=O) groups is 1. The van der Waals surface area contributed by atoms with E-state index in [4.69, 9.17) is 18.9 Å². The maximum atomic E-state index is 13.2. The van der Waals surface area contributed by atoms with Crippen molar-refractivity contribution in [1.29, 1.82) is 0 Å². The number of hydrogen-bond donors (Lipinski definition) is 0. The Hall–Kier alpha value is -1.99. The number of fused-ring (bicyclic) bond motifs is 3. The van der Waals surface area contributed by atoms with Crippen LogP contribution in [0.15, 0.2) is 12.1 Å². The van der Waals surface area contributed by atoms with Crippen molar-refractivity contribution in [2.75, 3.05) is 61.2 Å². The molecule has 2 saturated heterocycles. The Morgan fingerprint density at radius 2 is 1.80 bits per heavy atom. The Labute approximate surface area is 148 Å². The van der Waals surface area contributed by atoms with E-state index in [2.05, 4.69) is 11.9 Å². The van der Waals surface area contributed by atoms with Crippen LogP contribution >= 0.6 is 0 Å². The number of carbonyl (C=O) groups excluding carboxylic acids is 1. The van der Waals surface area contributed by atoms with Crippen LogP contribution in [-0.2, 0) is 4.74 Å². The third-order valence-corrected chi connectivity index (χ3v) is 4.96. The van der Waals surface area contributed by atoms with Crippen LogP contribution in [0.25, 0.3) is 0 Å². The molecule has 2 fully saturated rings. The van der Waals surface area contributed by atoms with Crippen molar-refractivity contribution in [3.8, 4) is 17.2 Å². The van der Waals surface area contributed by atoms with Gasteiger partial charge in [-0.3, -0.25) is 9.69 Å². The van der Waals surface area contributed by atoms with Crippen molar-refractivity contribution >= 4 is 5.91 Å². The molecule has 1 aromatic rings. The predicted molar refractivity (Wildman–Crippen MR) is 92.7 cm³/mol. The molecule has 7 nitrogen and oxygen atoms in total. The number of hydrogen-bond acceptors (Lipinski definition) is 6. The standard InChI is InChI=1S/C18H26N2O5/c1-19-7-12-8-20(9-13(19)11-25-10-12)18(21)14-5-6-15(22-2)17(24-4)16(14)23-3/h5-6,12-13H,7-11H2,1-4H3/t12-,13+/m1/s1. The van der Waals surface area contributed by atoms with Crippen molar-refractivity contribution < 1.29 is 23.7 Å². The van der Waals surface area contributed by atoms with Gasteiger partial charge < -0.3 is 23.8 Å². The molecule has 2 heterocycles. The van der Waals surface area contributed by atoms with E-state index in [1.165, 1.54) is 14.2 Å². The molecular formula is C18H26N2O5. The summed E-state index contributed by atoms with van der Waals surface area (Å²) in [7, 11) is 6.73. The predicted octanol–water partition coefficient (Wildman–Crippen LogP) is 1.12. The summed E-state index contributed by atoms with van der Waals surface area (Å²) < 4.78 is 21.9. The molecule has 0 saturated carbocycles. The first-order valence-electron chi connectivity index (χ1n) is 8.45. The zero-order valence-corrected chi connectivity index (χ0v) is 15.3. The molecule has 2 atom stereocenters. The van der Waals surface area contributed by atoms with Gasteiger partial charge in [0.05, 0.1) is 46.1 Å². The van der Waals surface area contributed by atoms with E-state index in [1.807, 2.05) is 4.90 Å². The minimum absolute atomic E-state index is 0.0509. The number of nitrogens with zero attached hydrogens (tertiary/aromatic N) is 2. The molecule has 0 N–H and O–H groups in total. The van der Waals surface area contributed by atoms with Gasteiger partial charge in [-0.25, -0.2) is 0 Å². The van der Waals surface area contributed by atoms with Crippen LogP contribution in [0.2, 0.25) is 0 Å². The number of methoxy groups -OCH3 is 3. The molecule has 0 unspecified atom stereocenters. The molecule has 2 aliphatic heterocycles. The van der Waals surface area contributed by atoms with Gasteiger partial charge in [-0.15, -0.1) is 0 Å². The van der Waals surface area contributed by atoms with Crippen LogP contribution in [-0.4, -0.2) is 83.0 Å². The number of benzene rings is 1. The van der Waals surface area contributed by atoms with Gasteiger partial charge in [-0.1, -0.05) is 0 Å². The lowest BCUT2D eigenvalue weighted by Crippen LogP contribution is -2.44. The largest absolute Gasteiger partial charge is 0.493 e. The smallest absolute Gasteiger partial charge is 0.257 e. The topological polar surface area (TPSA) is 60.5 Å². The first kappa shape index (κ1) is 17.8. The average molecular weight is 350 g/mol. The van der Waals surface area contributed by atoms with E-state index >= 15 is 0 Å². The molecule has 3 rings (SSSR count). The van der Waals surface area contributed by atoms with Gasteiger partial charge in [0.1, 0.15) is 0 Å². The molecule has 25 heavy (non-hydrogen) atoms. The quantitative estimate of drug-likeness (QED) is 0.811. The second-order valence-corrected chi connectivity index (χ2v) is 6.59. The fraction of sp³-hybridized carbons (Fsp3) is 0.611. The van der Waals surface area contributed by atoms with Crippen LogP contribution in [0, 0.1) is 5.92 Å². The van der Waals surface area contributed by atoms with E-state index in [-0.39, 0.29) is 11.9 Å². The van der Waals surface area contributed by atoms with Crippen molar-refractivity contribution in [3.05, 3.63) is 17.7 Å². The van der Waals surface area contributed by atoms with Crippen LogP contribution in [0.5, 0.6) is 17.2 Å². The number of amides is 1. The zero-order valence-electron chi connectivity index (χ0n) is 15.3. The fourth-order valence-corrected chi connectivity index (χ4v) is 3.66. The van der Waals surface area contributed by atoms with Gasteiger partial charge in [0, 0.05) is 25.6 Å². The first-order valence-corrected chi connectivity index (χ1v) is 8.45. The minimum Gasteiger partial charge on any atom is -0.493 e. The van der Waals surface area contributed by atoms with Gasteiger partial charge in [-0.2, -0.15) is 0 Å². The Kier molecular flexibility index (Phi) is 5.34.